The molecule has 0 aromatic heterocycles. The zero-order valence-electron chi connectivity index (χ0n) is 7.81. The predicted molar refractivity (Wildman–Crippen MR) is 51.2 cm³/mol. The Hall–Kier alpha value is -0.890. The molecule has 1 aromatic carbocycles. The summed E-state index contributed by atoms with van der Waals surface area (Å²) in [5, 5.41) is 3.14. The molecule has 70 valence electrons. The van der Waals surface area contributed by atoms with Crippen molar-refractivity contribution in [1.29, 1.82) is 0 Å². The van der Waals surface area contributed by atoms with Gasteiger partial charge in [-0.05, 0) is 49.5 Å². The fourth-order valence-corrected chi connectivity index (χ4v) is 2.13. The Morgan fingerprint density at radius 2 is 2.31 bits per heavy atom. The molecule has 0 fully saturated rings. The summed E-state index contributed by atoms with van der Waals surface area (Å²) in [6, 6.07) is 5.39. The fourth-order valence-electron chi connectivity index (χ4n) is 2.13. The lowest BCUT2D eigenvalue weighted by molar-refractivity contribution is 0.518. The summed E-state index contributed by atoms with van der Waals surface area (Å²) < 4.78 is 13.3. The van der Waals surface area contributed by atoms with Gasteiger partial charge in [-0.2, -0.15) is 0 Å². The molecule has 0 aliphatic heterocycles. The Morgan fingerprint density at radius 3 is 3.00 bits per heavy atom. The van der Waals surface area contributed by atoms with Gasteiger partial charge < -0.3 is 5.32 Å². The highest BCUT2D eigenvalue weighted by Gasteiger charge is 2.22. The minimum Gasteiger partial charge on any atom is -0.319 e. The van der Waals surface area contributed by atoms with Crippen LogP contribution in [0.15, 0.2) is 18.2 Å². The lowest BCUT2D eigenvalue weighted by Gasteiger charge is -2.05. The van der Waals surface area contributed by atoms with Crippen molar-refractivity contribution in [1.82, 2.24) is 5.32 Å². The van der Waals surface area contributed by atoms with Gasteiger partial charge in [-0.25, -0.2) is 4.39 Å². The van der Waals surface area contributed by atoms with Crippen LogP contribution in [0.4, 0.5) is 4.39 Å². The van der Waals surface area contributed by atoms with Crippen molar-refractivity contribution in [2.24, 2.45) is 5.92 Å². The summed E-state index contributed by atoms with van der Waals surface area (Å²) in [5.74, 6) is 0.549. The van der Waals surface area contributed by atoms with Gasteiger partial charge in [-0.1, -0.05) is 12.1 Å². The first kappa shape index (κ1) is 8.70. The maximum absolute atomic E-state index is 13.3. The highest BCUT2D eigenvalue weighted by molar-refractivity contribution is 5.33. The average molecular weight is 179 g/mol. The summed E-state index contributed by atoms with van der Waals surface area (Å²) >= 11 is 0. The third-order valence-corrected chi connectivity index (χ3v) is 2.71. The topological polar surface area (TPSA) is 12.0 Å². The van der Waals surface area contributed by atoms with Crippen molar-refractivity contribution in [2.75, 3.05) is 13.6 Å². The van der Waals surface area contributed by atoms with Crippen LogP contribution >= 0.6 is 0 Å². The Balaban J connectivity index is 2.20. The second kappa shape index (κ2) is 3.46. The van der Waals surface area contributed by atoms with E-state index in [4.69, 9.17) is 0 Å². The standard InChI is InChI=1S/C11H14FN/c1-13-7-8-5-9-3-2-4-11(12)10(9)6-8/h2-4,8,13H,5-7H2,1H3. The van der Waals surface area contributed by atoms with Gasteiger partial charge in [-0.15, -0.1) is 0 Å². The van der Waals surface area contributed by atoms with E-state index < -0.39 is 0 Å². The van der Waals surface area contributed by atoms with Gasteiger partial charge in [0, 0.05) is 0 Å². The molecule has 2 heteroatoms. The molecule has 13 heavy (non-hydrogen) atoms. The van der Waals surface area contributed by atoms with Gasteiger partial charge in [0.05, 0.1) is 0 Å². The monoisotopic (exact) mass is 179 g/mol. The van der Waals surface area contributed by atoms with E-state index in [1.54, 1.807) is 12.1 Å². The smallest absolute Gasteiger partial charge is 0.126 e. The SMILES string of the molecule is CNCC1Cc2cccc(F)c2C1. The van der Waals surface area contributed by atoms with Crippen LogP contribution in [0.3, 0.4) is 0 Å². The maximum atomic E-state index is 13.3. The van der Waals surface area contributed by atoms with Crippen LogP contribution in [-0.4, -0.2) is 13.6 Å². The first-order valence-electron chi connectivity index (χ1n) is 4.72. The highest BCUT2D eigenvalue weighted by atomic mass is 19.1. The van der Waals surface area contributed by atoms with Crippen LogP contribution < -0.4 is 5.32 Å². The van der Waals surface area contributed by atoms with Crippen molar-refractivity contribution >= 4 is 0 Å². The number of hydrogen-bond acceptors (Lipinski definition) is 1. The van der Waals surface area contributed by atoms with Crippen LogP contribution in [0.5, 0.6) is 0 Å². The third kappa shape index (κ3) is 1.59. The molecule has 0 bridgehead atoms. The molecule has 0 amide bonds. The average Bonchev–Trinajstić information content (AvgIpc) is 2.49. The molecule has 1 aromatic rings. The van der Waals surface area contributed by atoms with Crippen molar-refractivity contribution in [3.05, 3.63) is 35.1 Å². The number of halogens is 1. The molecule has 0 radical (unpaired) electrons. The second-order valence-electron chi connectivity index (χ2n) is 3.71. The first-order valence-corrected chi connectivity index (χ1v) is 4.72. The van der Waals surface area contributed by atoms with Crippen molar-refractivity contribution in [3.8, 4) is 0 Å². The lowest BCUT2D eigenvalue weighted by Crippen LogP contribution is -2.18. The minimum atomic E-state index is -0.0314. The fraction of sp³-hybridized carbons (Fsp3) is 0.455. The summed E-state index contributed by atoms with van der Waals surface area (Å²) in [6.45, 7) is 0.980. The van der Waals surface area contributed by atoms with E-state index in [0.717, 1.165) is 24.9 Å². The second-order valence-corrected chi connectivity index (χ2v) is 3.71. The summed E-state index contributed by atoms with van der Waals surface area (Å²) in [4.78, 5) is 0. The number of nitrogens with one attached hydrogen (secondary N) is 1. The van der Waals surface area contributed by atoms with Gasteiger partial charge in [0.25, 0.3) is 0 Å². The van der Waals surface area contributed by atoms with E-state index in [0.29, 0.717) is 5.92 Å². The van der Waals surface area contributed by atoms with Gasteiger partial charge in [-0.3, -0.25) is 0 Å². The molecule has 1 atom stereocenters. The van der Waals surface area contributed by atoms with Crippen molar-refractivity contribution < 1.29 is 4.39 Å². The molecule has 0 saturated heterocycles. The minimum absolute atomic E-state index is 0.0314. The molecule has 1 aliphatic rings. The van der Waals surface area contributed by atoms with E-state index in [1.807, 2.05) is 13.1 Å². The van der Waals surface area contributed by atoms with Gasteiger partial charge in [0.15, 0.2) is 0 Å². The van der Waals surface area contributed by atoms with E-state index in [-0.39, 0.29) is 5.82 Å². The Kier molecular flexibility index (Phi) is 2.32. The van der Waals surface area contributed by atoms with Crippen LogP contribution in [-0.2, 0) is 12.8 Å². The number of hydrogen-bond donors (Lipinski definition) is 1. The lowest BCUT2D eigenvalue weighted by atomic mass is 10.1. The molecule has 0 saturated carbocycles. The van der Waals surface area contributed by atoms with E-state index >= 15 is 0 Å². The summed E-state index contributed by atoms with van der Waals surface area (Å²) in [5.41, 5.74) is 2.13. The molecule has 1 unspecified atom stereocenters. The van der Waals surface area contributed by atoms with Crippen LogP contribution in [0.2, 0.25) is 0 Å². The molecule has 1 aliphatic carbocycles. The maximum Gasteiger partial charge on any atom is 0.126 e. The quantitative estimate of drug-likeness (QED) is 0.729. The highest BCUT2D eigenvalue weighted by Crippen LogP contribution is 2.28. The van der Waals surface area contributed by atoms with Crippen LogP contribution in [0, 0.1) is 11.7 Å². The van der Waals surface area contributed by atoms with Gasteiger partial charge in [0.1, 0.15) is 5.82 Å². The normalized spacial score (nSPS) is 20.3. The van der Waals surface area contributed by atoms with Gasteiger partial charge in [0.2, 0.25) is 0 Å². The van der Waals surface area contributed by atoms with Crippen molar-refractivity contribution in [2.45, 2.75) is 12.8 Å². The summed E-state index contributed by atoms with van der Waals surface area (Å²) in [6.07, 6.45) is 1.91. The van der Waals surface area contributed by atoms with Gasteiger partial charge >= 0.3 is 0 Å². The Bertz CT molecular complexity index is 309. The van der Waals surface area contributed by atoms with E-state index in [1.165, 1.54) is 5.56 Å². The molecule has 1 N–H and O–H groups in total. The van der Waals surface area contributed by atoms with Crippen molar-refractivity contribution in [3.63, 3.8) is 0 Å². The zero-order valence-corrected chi connectivity index (χ0v) is 7.81. The van der Waals surface area contributed by atoms with E-state index in [2.05, 4.69) is 5.32 Å². The summed E-state index contributed by atoms with van der Waals surface area (Å²) in [7, 11) is 1.94. The molecule has 1 nitrogen and oxygen atoms in total. The zero-order chi connectivity index (χ0) is 9.26. The largest absolute Gasteiger partial charge is 0.319 e. The molecule has 2 rings (SSSR count). The Labute approximate surface area is 78.0 Å². The number of rotatable bonds is 2. The van der Waals surface area contributed by atoms with E-state index in [9.17, 15) is 4.39 Å². The Morgan fingerprint density at radius 1 is 1.46 bits per heavy atom. The number of fused-ring (bicyclic) bond motifs is 1. The molecular formula is C11H14FN. The molecule has 0 spiro atoms. The molecular weight excluding hydrogens is 165 g/mol. The molecule has 0 heterocycles. The third-order valence-electron chi connectivity index (χ3n) is 2.71. The van der Waals surface area contributed by atoms with Crippen LogP contribution in [0.25, 0.3) is 0 Å². The first-order chi connectivity index (χ1) is 6.31. The predicted octanol–water partition coefficient (Wildman–Crippen LogP) is 1.76. The number of benzene rings is 1. The van der Waals surface area contributed by atoms with Crippen LogP contribution in [0.1, 0.15) is 11.1 Å².